The molecule has 1 aromatic rings. The molecular formula is C13H12F4O3S. The quantitative estimate of drug-likeness (QED) is 0.483. The van der Waals surface area contributed by atoms with Gasteiger partial charge in [-0.15, -0.1) is 0 Å². The molecule has 0 radical (unpaired) electrons. The van der Waals surface area contributed by atoms with E-state index >= 15 is 0 Å². The van der Waals surface area contributed by atoms with Gasteiger partial charge < -0.3 is 4.18 Å². The zero-order valence-electron chi connectivity index (χ0n) is 10.9. The Balaban J connectivity index is 2.22. The summed E-state index contributed by atoms with van der Waals surface area (Å²) in [6, 6.07) is 4.43. The minimum Gasteiger partial charge on any atom is -0.381 e. The van der Waals surface area contributed by atoms with Crippen molar-refractivity contribution in [2.75, 3.05) is 0 Å². The Morgan fingerprint density at radius 2 is 1.95 bits per heavy atom. The summed E-state index contributed by atoms with van der Waals surface area (Å²) in [5.41, 5.74) is -4.46. The van der Waals surface area contributed by atoms with Gasteiger partial charge in [-0.2, -0.15) is 21.6 Å². The molecule has 3 nitrogen and oxygen atoms in total. The summed E-state index contributed by atoms with van der Waals surface area (Å²) in [5, 5.41) is 0. The van der Waals surface area contributed by atoms with Crippen molar-refractivity contribution in [3.05, 3.63) is 47.0 Å². The molecule has 1 aromatic carbocycles. The minimum atomic E-state index is -5.65. The first-order valence-electron chi connectivity index (χ1n) is 6.08. The van der Waals surface area contributed by atoms with Crippen molar-refractivity contribution >= 4 is 10.1 Å². The van der Waals surface area contributed by atoms with Crippen molar-refractivity contribution in [2.24, 2.45) is 0 Å². The highest BCUT2D eigenvalue weighted by molar-refractivity contribution is 7.87. The fraction of sp³-hybridized carbons (Fsp3) is 0.385. The monoisotopic (exact) mass is 324 g/mol. The Bertz CT molecular complexity index is 677. The Morgan fingerprint density at radius 1 is 1.29 bits per heavy atom. The number of allylic oxidation sites excluding steroid dienone is 2. The molecular weight excluding hydrogens is 312 g/mol. The number of rotatable bonds is 3. The fourth-order valence-electron chi connectivity index (χ4n) is 2.22. The molecule has 2 rings (SSSR count). The summed E-state index contributed by atoms with van der Waals surface area (Å²) in [4.78, 5) is 0. The van der Waals surface area contributed by atoms with Gasteiger partial charge in [-0.25, -0.2) is 4.39 Å². The summed E-state index contributed by atoms with van der Waals surface area (Å²) < 4.78 is 76.1. The van der Waals surface area contributed by atoms with E-state index < -0.39 is 21.4 Å². The molecule has 1 aliphatic rings. The third-order valence-corrected chi connectivity index (χ3v) is 4.30. The third kappa shape index (κ3) is 3.20. The van der Waals surface area contributed by atoms with Crippen molar-refractivity contribution in [3.63, 3.8) is 0 Å². The van der Waals surface area contributed by atoms with E-state index in [1.165, 1.54) is 18.2 Å². The van der Waals surface area contributed by atoms with E-state index in [0.29, 0.717) is 17.5 Å². The second-order valence-electron chi connectivity index (χ2n) is 4.72. The molecule has 8 heteroatoms. The van der Waals surface area contributed by atoms with Crippen LogP contribution in [0.4, 0.5) is 17.6 Å². The predicted molar refractivity (Wildman–Crippen MR) is 67.3 cm³/mol. The van der Waals surface area contributed by atoms with Gasteiger partial charge in [0.1, 0.15) is 11.6 Å². The van der Waals surface area contributed by atoms with Crippen LogP contribution >= 0.6 is 0 Å². The molecule has 0 aromatic heterocycles. The first kappa shape index (κ1) is 15.8. The maximum atomic E-state index is 13.5. The lowest BCUT2D eigenvalue weighted by molar-refractivity contribution is -0.0522. The molecule has 0 saturated heterocycles. The lowest BCUT2D eigenvalue weighted by atomic mass is 9.94. The van der Waals surface area contributed by atoms with Gasteiger partial charge in [-0.1, -0.05) is 12.1 Å². The van der Waals surface area contributed by atoms with Gasteiger partial charge in [0, 0.05) is 12.3 Å². The molecule has 1 aliphatic carbocycles. The second kappa shape index (κ2) is 5.32. The van der Waals surface area contributed by atoms with Gasteiger partial charge in [0.05, 0.1) is 0 Å². The number of hydrogen-bond acceptors (Lipinski definition) is 3. The summed E-state index contributed by atoms with van der Waals surface area (Å²) in [6.07, 6.45) is 1.72. The van der Waals surface area contributed by atoms with Crippen LogP contribution in [0.1, 0.15) is 29.9 Å². The van der Waals surface area contributed by atoms with Crippen molar-refractivity contribution in [1.29, 1.82) is 0 Å². The molecule has 0 fully saturated rings. The normalized spacial score (nSPS) is 19.5. The smallest absolute Gasteiger partial charge is 0.381 e. The van der Waals surface area contributed by atoms with E-state index in [0.717, 1.165) is 0 Å². The Morgan fingerprint density at radius 3 is 2.57 bits per heavy atom. The predicted octanol–water partition coefficient (Wildman–Crippen LogP) is 3.76. The highest BCUT2D eigenvalue weighted by Gasteiger charge is 2.49. The standard InChI is InChI=1S/C13H12F4O3S/c1-8-11(3-2-4-12(8)14)9-5-6-10(7-9)20-21(18,19)13(15,16)17/h2-4,7,9H,5-6H2,1H3/t9-/m0/s1. The molecule has 0 aliphatic heterocycles. The van der Waals surface area contributed by atoms with Gasteiger partial charge >= 0.3 is 15.6 Å². The second-order valence-corrected chi connectivity index (χ2v) is 6.25. The number of alkyl halides is 3. The Hall–Kier alpha value is -1.57. The molecule has 0 bridgehead atoms. The molecule has 1 atom stereocenters. The van der Waals surface area contributed by atoms with Crippen molar-refractivity contribution in [2.45, 2.75) is 31.2 Å². The van der Waals surface area contributed by atoms with Crippen LogP contribution in [0.5, 0.6) is 0 Å². The van der Waals surface area contributed by atoms with Crippen LogP contribution in [0.15, 0.2) is 30.0 Å². The van der Waals surface area contributed by atoms with Crippen LogP contribution in [-0.4, -0.2) is 13.9 Å². The van der Waals surface area contributed by atoms with E-state index in [2.05, 4.69) is 4.18 Å². The number of hydrogen-bond donors (Lipinski definition) is 0. The SMILES string of the molecule is Cc1c(F)cccc1[C@@H]1C=C(OS(=O)(=O)C(F)(F)F)CC1. The van der Waals surface area contributed by atoms with Crippen LogP contribution in [-0.2, 0) is 14.3 Å². The summed E-state index contributed by atoms with van der Waals surface area (Å²) in [7, 11) is -5.65. The van der Waals surface area contributed by atoms with Crippen LogP contribution in [0.2, 0.25) is 0 Å². The van der Waals surface area contributed by atoms with Gasteiger partial charge in [-0.05, 0) is 36.6 Å². The zero-order chi connectivity index (χ0) is 15.8. The first-order chi connectivity index (χ1) is 9.62. The van der Waals surface area contributed by atoms with Crippen LogP contribution in [0, 0.1) is 12.7 Å². The number of halogens is 4. The largest absolute Gasteiger partial charge is 0.534 e. The van der Waals surface area contributed by atoms with Crippen LogP contribution < -0.4 is 0 Å². The topological polar surface area (TPSA) is 43.4 Å². The van der Waals surface area contributed by atoms with E-state index in [1.54, 1.807) is 13.0 Å². The van der Waals surface area contributed by atoms with Gasteiger partial charge in [0.25, 0.3) is 0 Å². The average molecular weight is 324 g/mol. The average Bonchev–Trinajstić information content (AvgIpc) is 2.79. The minimum absolute atomic E-state index is 0.0515. The molecule has 0 heterocycles. The molecule has 0 spiro atoms. The van der Waals surface area contributed by atoms with Crippen molar-refractivity contribution in [1.82, 2.24) is 0 Å². The fourth-order valence-corrected chi connectivity index (χ4v) is 2.73. The molecule has 0 amide bonds. The van der Waals surface area contributed by atoms with E-state index in [9.17, 15) is 26.0 Å². The van der Waals surface area contributed by atoms with E-state index in [1.807, 2.05) is 0 Å². The zero-order valence-corrected chi connectivity index (χ0v) is 11.8. The van der Waals surface area contributed by atoms with Gasteiger partial charge in [0.2, 0.25) is 0 Å². The summed E-state index contributed by atoms with van der Waals surface area (Å²) in [6.45, 7) is 1.56. The van der Waals surface area contributed by atoms with Crippen LogP contribution in [0.3, 0.4) is 0 Å². The first-order valence-corrected chi connectivity index (χ1v) is 7.49. The van der Waals surface area contributed by atoms with Crippen LogP contribution in [0.25, 0.3) is 0 Å². The molecule has 21 heavy (non-hydrogen) atoms. The summed E-state index contributed by atoms with van der Waals surface area (Å²) in [5.74, 6) is -1.04. The summed E-state index contributed by atoms with van der Waals surface area (Å²) >= 11 is 0. The van der Waals surface area contributed by atoms with Gasteiger partial charge in [0.15, 0.2) is 0 Å². The van der Waals surface area contributed by atoms with Crippen molar-refractivity contribution in [3.8, 4) is 0 Å². The maximum absolute atomic E-state index is 13.5. The maximum Gasteiger partial charge on any atom is 0.534 e. The van der Waals surface area contributed by atoms with E-state index in [4.69, 9.17) is 0 Å². The molecule has 0 unspecified atom stereocenters. The Labute approximate surface area is 119 Å². The third-order valence-electron chi connectivity index (χ3n) is 3.30. The lowest BCUT2D eigenvalue weighted by Gasteiger charge is -2.11. The van der Waals surface area contributed by atoms with Crippen molar-refractivity contribution < 1.29 is 30.2 Å². The van der Waals surface area contributed by atoms with E-state index in [-0.39, 0.29) is 18.1 Å². The van der Waals surface area contributed by atoms with Gasteiger partial charge in [-0.3, -0.25) is 0 Å². The lowest BCUT2D eigenvalue weighted by Crippen LogP contribution is -2.25. The highest BCUT2D eigenvalue weighted by Crippen LogP contribution is 2.37. The molecule has 0 N–H and O–H groups in total. The molecule has 116 valence electrons. The Kier molecular flexibility index (Phi) is 4.01. The number of benzene rings is 1. The molecule has 0 saturated carbocycles. The highest BCUT2D eigenvalue weighted by atomic mass is 32.2.